The van der Waals surface area contributed by atoms with Crippen molar-refractivity contribution in [3.63, 3.8) is 0 Å². The molecule has 1 aromatic rings. The Bertz CT molecular complexity index is 421. The Hall–Kier alpha value is -0.770. The van der Waals surface area contributed by atoms with Crippen LogP contribution in [0.1, 0.15) is 30.6 Å². The minimum Gasteiger partial charge on any atom is -0.394 e. The maximum absolute atomic E-state index is 12.0. The molecule has 0 bridgehead atoms. The van der Waals surface area contributed by atoms with Gasteiger partial charge in [0.25, 0.3) is 5.91 Å². The molecule has 1 aromatic carbocycles. The van der Waals surface area contributed by atoms with Crippen LogP contribution in [0.3, 0.4) is 0 Å². The van der Waals surface area contributed by atoms with E-state index >= 15 is 0 Å². The lowest BCUT2D eigenvalue weighted by molar-refractivity contribution is 0.0908. The Kier molecular flexibility index (Phi) is 5.93. The third kappa shape index (κ3) is 4.16. The molecule has 0 saturated heterocycles. The van der Waals surface area contributed by atoms with Gasteiger partial charge in [0.05, 0.1) is 28.3 Å². The number of amides is 1. The maximum Gasteiger partial charge on any atom is 0.253 e. The summed E-state index contributed by atoms with van der Waals surface area (Å²) in [5.74, 6) is 0.0690. The first-order valence-corrected chi connectivity index (χ1v) is 6.57. The van der Waals surface area contributed by atoms with Crippen LogP contribution in [0.2, 0.25) is 10.0 Å². The smallest absolute Gasteiger partial charge is 0.253 e. The van der Waals surface area contributed by atoms with Crippen molar-refractivity contribution in [2.75, 3.05) is 6.61 Å². The van der Waals surface area contributed by atoms with Crippen molar-refractivity contribution < 1.29 is 9.90 Å². The average Bonchev–Trinajstić information content (AvgIpc) is 2.31. The SMILES string of the molecule is CC(C)CC(CO)NC(=O)c1cccc(Cl)c1Cl. The normalized spacial score (nSPS) is 12.6. The van der Waals surface area contributed by atoms with Crippen molar-refractivity contribution in [3.05, 3.63) is 33.8 Å². The molecule has 18 heavy (non-hydrogen) atoms. The average molecular weight is 290 g/mol. The van der Waals surface area contributed by atoms with Gasteiger partial charge in [0, 0.05) is 0 Å². The zero-order valence-electron chi connectivity index (χ0n) is 10.4. The first-order chi connectivity index (χ1) is 8.45. The summed E-state index contributed by atoms with van der Waals surface area (Å²) in [5.41, 5.74) is 0.325. The van der Waals surface area contributed by atoms with Crippen molar-refractivity contribution in [1.29, 1.82) is 0 Å². The zero-order chi connectivity index (χ0) is 13.7. The van der Waals surface area contributed by atoms with Crippen LogP contribution < -0.4 is 5.32 Å². The number of hydrogen-bond donors (Lipinski definition) is 2. The molecule has 0 aromatic heterocycles. The second kappa shape index (κ2) is 6.98. The molecule has 2 N–H and O–H groups in total. The van der Waals surface area contributed by atoms with Gasteiger partial charge in [-0.05, 0) is 24.5 Å². The van der Waals surface area contributed by atoms with Crippen LogP contribution in [0, 0.1) is 5.92 Å². The van der Waals surface area contributed by atoms with Crippen LogP contribution in [0.15, 0.2) is 18.2 Å². The molecule has 0 aliphatic heterocycles. The summed E-state index contributed by atoms with van der Waals surface area (Å²) in [6, 6.07) is 4.62. The molecule has 0 heterocycles. The first kappa shape index (κ1) is 15.3. The third-order valence-electron chi connectivity index (χ3n) is 2.51. The number of rotatable bonds is 5. The largest absolute Gasteiger partial charge is 0.394 e. The van der Waals surface area contributed by atoms with Gasteiger partial charge in [-0.15, -0.1) is 0 Å². The molecule has 100 valence electrons. The van der Waals surface area contributed by atoms with Crippen LogP contribution in [0.25, 0.3) is 0 Å². The Morgan fingerprint density at radius 3 is 2.61 bits per heavy atom. The van der Waals surface area contributed by atoms with E-state index in [-0.39, 0.29) is 23.6 Å². The number of carbonyl (C=O) groups is 1. The Labute approximate surface area is 117 Å². The van der Waals surface area contributed by atoms with Crippen molar-refractivity contribution in [3.8, 4) is 0 Å². The maximum atomic E-state index is 12.0. The molecule has 1 atom stereocenters. The molecule has 1 unspecified atom stereocenters. The summed E-state index contributed by atoms with van der Waals surface area (Å²) in [6.07, 6.45) is 0.709. The molecule has 0 radical (unpaired) electrons. The molecule has 0 saturated carbocycles. The molecule has 0 aliphatic rings. The predicted octanol–water partition coefficient (Wildman–Crippen LogP) is 3.13. The summed E-state index contributed by atoms with van der Waals surface area (Å²) in [6.45, 7) is 3.96. The zero-order valence-corrected chi connectivity index (χ0v) is 11.9. The molecular formula is C13H17Cl2NO2. The molecule has 1 rings (SSSR count). The summed E-state index contributed by atoms with van der Waals surface area (Å²) < 4.78 is 0. The van der Waals surface area contributed by atoms with Crippen LogP contribution in [0.4, 0.5) is 0 Å². The van der Waals surface area contributed by atoms with Crippen molar-refractivity contribution >= 4 is 29.1 Å². The van der Waals surface area contributed by atoms with Crippen molar-refractivity contribution in [2.45, 2.75) is 26.3 Å². The summed E-state index contributed by atoms with van der Waals surface area (Å²) in [7, 11) is 0. The first-order valence-electron chi connectivity index (χ1n) is 5.81. The van der Waals surface area contributed by atoms with Crippen LogP contribution in [-0.4, -0.2) is 23.7 Å². The van der Waals surface area contributed by atoms with E-state index in [4.69, 9.17) is 23.2 Å². The highest BCUT2D eigenvalue weighted by Crippen LogP contribution is 2.25. The Morgan fingerprint density at radius 2 is 2.06 bits per heavy atom. The molecule has 0 spiro atoms. The molecule has 5 heteroatoms. The van der Waals surface area contributed by atoms with E-state index in [1.54, 1.807) is 18.2 Å². The lowest BCUT2D eigenvalue weighted by Crippen LogP contribution is -2.38. The van der Waals surface area contributed by atoms with Gasteiger partial charge in [0.15, 0.2) is 0 Å². The van der Waals surface area contributed by atoms with Crippen LogP contribution in [0.5, 0.6) is 0 Å². The second-order valence-electron chi connectivity index (χ2n) is 4.58. The predicted molar refractivity (Wildman–Crippen MR) is 74.3 cm³/mol. The van der Waals surface area contributed by atoms with Gasteiger partial charge in [-0.1, -0.05) is 43.1 Å². The highest BCUT2D eigenvalue weighted by Gasteiger charge is 2.17. The minimum absolute atomic E-state index is 0.0951. The fourth-order valence-electron chi connectivity index (χ4n) is 1.69. The standard InChI is InChI=1S/C13H17Cl2NO2/c1-8(2)6-9(7-17)16-13(18)10-4-3-5-11(14)12(10)15/h3-5,8-9,17H,6-7H2,1-2H3,(H,16,18). The lowest BCUT2D eigenvalue weighted by atomic mass is 10.0. The van der Waals surface area contributed by atoms with Crippen LogP contribution >= 0.6 is 23.2 Å². The fourth-order valence-corrected chi connectivity index (χ4v) is 2.08. The third-order valence-corrected chi connectivity index (χ3v) is 3.33. The molecular weight excluding hydrogens is 273 g/mol. The highest BCUT2D eigenvalue weighted by molar-refractivity contribution is 6.43. The Balaban J connectivity index is 2.78. The molecule has 0 fully saturated rings. The number of aliphatic hydroxyl groups excluding tert-OH is 1. The van der Waals surface area contributed by atoms with E-state index < -0.39 is 0 Å². The molecule has 0 aliphatic carbocycles. The van der Waals surface area contributed by atoms with Crippen LogP contribution in [-0.2, 0) is 0 Å². The van der Waals surface area contributed by atoms with Gasteiger partial charge in [-0.25, -0.2) is 0 Å². The van der Waals surface area contributed by atoms with E-state index in [0.29, 0.717) is 22.9 Å². The van der Waals surface area contributed by atoms with Crippen molar-refractivity contribution in [2.24, 2.45) is 5.92 Å². The van der Waals surface area contributed by atoms with E-state index in [0.717, 1.165) is 0 Å². The number of carbonyl (C=O) groups excluding carboxylic acids is 1. The van der Waals surface area contributed by atoms with Crippen molar-refractivity contribution in [1.82, 2.24) is 5.32 Å². The van der Waals surface area contributed by atoms with Gasteiger partial charge >= 0.3 is 0 Å². The summed E-state index contributed by atoms with van der Waals surface area (Å²) >= 11 is 11.8. The quantitative estimate of drug-likeness (QED) is 0.875. The molecule has 3 nitrogen and oxygen atoms in total. The number of benzene rings is 1. The van der Waals surface area contributed by atoms with E-state index in [2.05, 4.69) is 5.32 Å². The van der Waals surface area contributed by atoms with E-state index in [1.165, 1.54) is 0 Å². The number of nitrogens with one attached hydrogen (secondary N) is 1. The monoisotopic (exact) mass is 289 g/mol. The van der Waals surface area contributed by atoms with Gasteiger partial charge in [-0.3, -0.25) is 4.79 Å². The van der Waals surface area contributed by atoms with Gasteiger partial charge < -0.3 is 10.4 Å². The van der Waals surface area contributed by atoms with Gasteiger partial charge in [0.2, 0.25) is 0 Å². The highest BCUT2D eigenvalue weighted by atomic mass is 35.5. The summed E-state index contributed by atoms with van der Waals surface area (Å²) in [4.78, 5) is 12.0. The molecule has 1 amide bonds. The fraction of sp³-hybridized carbons (Fsp3) is 0.462. The number of hydrogen-bond acceptors (Lipinski definition) is 2. The van der Waals surface area contributed by atoms with Gasteiger partial charge in [0.1, 0.15) is 0 Å². The van der Waals surface area contributed by atoms with E-state index in [9.17, 15) is 9.90 Å². The number of halogens is 2. The van der Waals surface area contributed by atoms with Gasteiger partial charge in [-0.2, -0.15) is 0 Å². The minimum atomic E-state index is -0.317. The lowest BCUT2D eigenvalue weighted by Gasteiger charge is -2.18. The van der Waals surface area contributed by atoms with E-state index in [1.807, 2.05) is 13.8 Å². The number of aliphatic hydroxyl groups is 1. The Morgan fingerprint density at radius 1 is 1.39 bits per heavy atom. The second-order valence-corrected chi connectivity index (χ2v) is 5.37. The topological polar surface area (TPSA) is 49.3 Å². The summed E-state index contributed by atoms with van der Waals surface area (Å²) in [5, 5.41) is 12.5.